The molecule has 2 fully saturated rings. The molecule has 222 valence electrons. The van der Waals surface area contributed by atoms with Gasteiger partial charge in [0.2, 0.25) is 11.9 Å². The predicted molar refractivity (Wildman–Crippen MR) is 141 cm³/mol. The van der Waals surface area contributed by atoms with E-state index in [9.17, 15) is 35.5 Å². The van der Waals surface area contributed by atoms with Crippen LogP contribution in [0.2, 0.25) is 0 Å². The molecular formula is C28H30F7N5O. The van der Waals surface area contributed by atoms with Crippen LogP contribution in [0.1, 0.15) is 36.8 Å². The number of benzene rings is 2. The summed E-state index contributed by atoms with van der Waals surface area (Å²) >= 11 is 0. The molecule has 0 spiro atoms. The second-order valence-electron chi connectivity index (χ2n) is 10.9. The van der Waals surface area contributed by atoms with E-state index in [2.05, 4.69) is 15.6 Å². The number of halogens is 7. The second kappa shape index (κ2) is 10.4. The molecule has 1 saturated carbocycles. The monoisotopic (exact) mass is 585 g/mol. The fourth-order valence-electron chi connectivity index (χ4n) is 5.43. The molecular weight excluding hydrogens is 555 g/mol. The maximum absolute atomic E-state index is 14.7. The summed E-state index contributed by atoms with van der Waals surface area (Å²) < 4.78 is 95.2. The van der Waals surface area contributed by atoms with E-state index in [4.69, 9.17) is 0 Å². The van der Waals surface area contributed by atoms with Gasteiger partial charge in [0.05, 0.1) is 22.6 Å². The molecule has 3 aromatic rings. The van der Waals surface area contributed by atoms with Crippen molar-refractivity contribution in [3.8, 4) is 0 Å². The van der Waals surface area contributed by atoms with Gasteiger partial charge in [-0.2, -0.15) is 26.3 Å². The standard InChI is InChI=1S/C28H30F7N5O/c1-16-13-21-23(15-22(16)40-11-6-18(7-12-40)27(30,31)32)39(2)25(38-21)37-20-14-17(3-4-19(20)29)5-10-36-24(41)26(8-9-26)28(33,34)35/h3-4,13-15,18H,5-12H2,1-2H3,(H,36,41)(H,37,38). The number of nitrogens with one attached hydrogen (secondary N) is 2. The van der Waals surface area contributed by atoms with Gasteiger partial charge < -0.3 is 20.1 Å². The number of anilines is 3. The van der Waals surface area contributed by atoms with E-state index >= 15 is 0 Å². The highest BCUT2D eigenvalue weighted by molar-refractivity contribution is 5.86. The average molecular weight is 586 g/mol. The summed E-state index contributed by atoms with van der Waals surface area (Å²) in [5, 5.41) is 5.32. The maximum atomic E-state index is 14.7. The van der Waals surface area contributed by atoms with Crippen molar-refractivity contribution >= 4 is 34.3 Å². The first-order chi connectivity index (χ1) is 19.2. The van der Waals surface area contributed by atoms with Gasteiger partial charge in [-0.25, -0.2) is 9.37 Å². The zero-order valence-electron chi connectivity index (χ0n) is 22.5. The number of imidazole rings is 1. The summed E-state index contributed by atoms with van der Waals surface area (Å²) in [7, 11) is 1.73. The van der Waals surface area contributed by atoms with Gasteiger partial charge in [0.25, 0.3) is 0 Å². The Morgan fingerprint density at radius 1 is 1.07 bits per heavy atom. The van der Waals surface area contributed by atoms with E-state index in [1.54, 1.807) is 11.6 Å². The smallest absolute Gasteiger partial charge is 0.371 e. The van der Waals surface area contributed by atoms with Gasteiger partial charge in [-0.15, -0.1) is 0 Å². The van der Waals surface area contributed by atoms with Crippen molar-refractivity contribution in [1.82, 2.24) is 14.9 Å². The second-order valence-corrected chi connectivity index (χ2v) is 10.9. The van der Waals surface area contributed by atoms with Gasteiger partial charge >= 0.3 is 12.4 Å². The fourth-order valence-corrected chi connectivity index (χ4v) is 5.43. The number of hydrogen-bond acceptors (Lipinski definition) is 4. The molecule has 0 atom stereocenters. The summed E-state index contributed by atoms with van der Waals surface area (Å²) in [5.74, 6) is -2.57. The number of aromatic nitrogens is 2. The van der Waals surface area contributed by atoms with Gasteiger partial charge in [0.15, 0.2) is 0 Å². The Bertz CT molecular complexity index is 1450. The molecule has 2 aromatic carbocycles. The number of aryl methyl sites for hydroxylation is 2. The normalized spacial score (nSPS) is 17.6. The topological polar surface area (TPSA) is 62.2 Å². The first-order valence-electron chi connectivity index (χ1n) is 13.4. The van der Waals surface area contributed by atoms with Gasteiger partial charge in [0.1, 0.15) is 11.2 Å². The third-order valence-corrected chi connectivity index (χ3v) is 8.20. The molecule has 41 heavy (non-hydrogen) atoms. The van der Waals surface area contributed by atoms with E-state index < -0.39 is 35.4 Å². The molecule has 0 bridgehead atoms. The van der Waals surface area contributed by atoms with Crippen molar-refractivity contribution in [2.75, 3.05) is 29.9 Å². The van der Waals surface area contributed by atoms with E-state index in [0.29, 0.717) is 22.5 Å². The van der Waals surface area contributed by atoms with Crippen LogP contribution in [0, 0.1) is 24.1 Å². The third-order valence-electron chi connectivity index (χ3n) is 8.20. The molecule has 1 saturated heterocycles. The van der Waals surface area contributed by atoms with Crippen LogP contribution in [-0.4, -0.2) is 47.4 Å². The number of amides is 1. The molecule has 1 aromatic heterocycles. The molecule has 0 radical (unpaired) electrons. The molecule has 6 nitrogen and oxygen atoms in total. The van der Waals surface area contributed by atoms with E-state index in [0.717, 1.165) is 11.3 Å². The zero-order chi connectivity index (χ0) is 29.7. The molecule has 2 N–H and O–H groups in total. The van der Waals surface area contributed by atoms with E-state index in [1.165, 1.54) is 18.2 Å². The van der Waals surface area contributed by atoms with E-state index in [1.807, 2.05) is 24.0 Å². The van der Waals surface area contributed by atoms with Gasteiger partial charge in [-0.1, -0.05) is 6.07 Å². The average Bonchev–Trinajstić information content (AvgIpc) is 3.67. The fraction of sp³-hybridized carbons (Fsp3) is 0.500. The Morgan fingerprint density at radius 3 is 2.37 bits per heavy atom. The minimum Gasteiger partial charge on any atom is -0.371 e. The number of hydrogen-bond donors (Lipinski definition) is 2. The van der Waals surface area contributed by atoms with Gasteiger partial charge in [-0.3, -0.25) is 4.79 Å². The Balaban J connectivity index is 1.28. The number of piperidine rings is 1. The Morgan fingerprint density at radius 2 is 1.76 bits per heavy atom. The van der Waals surface area contributed by atoms with Crippen molar-refractivity contribution in [3.63, 3.8) is 0 Å². The molecule has 0 unspecified atom stereocenters. The lowest BCUT2D eigenvalue weighted by Gasteiger charge is -2.35. The van der Waals surface area contributed by atoms with Crippen molar-refractivity contribution in [2.45, 2.75) is 51.4 Å². The van der Waals surface area contributed by atoms with Crippen molar-refractivity contribution in [3.05, 3.63) is 47.3 Å². The predicted octanol–water partition coefficient (Wildman–Crippen LogP) is 6.54. The van der Waals surface area contributed by atoms with Crippen LogP contribution in [0.15, 0.2) is 30.3 Å². The highest BCUT2D eigenvalue weighted by Crippen LogP contribution is 2.57. The first kappa shape index (κ1) is 29.0. The highest BCUT2D eigenvalue weighted by atomic mass is 19.4. The number of fused-ring (bicyclic) bond motifs is 1. The Hall–Kier alpha value is -3.51. The van der Waals surface area contributed by atoms with Crippen LogP contribution in [0.4, 0.5) is 48.1 Å². The van der Waals surface area contributed by atoms with Crippen molar-refractivity contribution in [2.24, 2.45) is 18.4 Å². The lowest BCUT2D eigenvalue weighted by Crippen LogP contribution is -2.41. The first-order valence-corrected chi connectivity index (χ1v) is 13.4. The summed E-state index contributed by atoms with van der Waals surface area (Å²) in [4.78, 5) is 18.6. The minimum absolute atomic E-state index is 0.0294. The maximum Gasteiger partial charge on any atom is 0.403 e. The number of carbonyl (C=O) groups is 1. The largest absolute Gasteiger partial charge is 0.403 e. The molecule has 2 heterocycles. The van der Waals surface area contributed by atoms with E-state index in [-0.39, 0.29) is 57.4 Å². The Labute approximate surface area is 231 Å². The van der Waals surface area contributed by atoms with Gasteiger partial charge in [0, 0.05) is 32.4 Å². The summed E-state index contributed by atoms with van der Waals surface area (Å²) in [6.07, 6.45) is -8.96. The van der Waals surface area contributed by atoms with Crippen molar-refractivity contribution < 1.29 is 35.5 Å². The van der Waals surface area contributed by atoms with Gasteiger partial charge in [-0.05, 0) is 74.4 Å². The minimum atomic E-state index is -4.58. The van der Waals surface area contributed by atoms with Crippen LogP contribution >= 0.6 is 0 Å². The lowest BCUT2D eigenvalue weighted by atomic mass is 9.95. The van der Waals surface area contributed by atoms with Crippen LogP contribution in [-0.2, 0) is 18.3 Å². The molecule has 1 aliphatic heterocycles. The number of alkyl halides is 6. The van der Waals surface area contributed by atoms with Crippen LogP contribution < -0.4 is 15.5 Å². The molecule has 2 aliphatic rings. The SMILES string of the molecule is Cc1cc2nc(Nc3cc(CCNC(=O)C4(C(F)(F)F)CC4)ccc3F)n(C)c2cc1N1CCC(C(F)(F)F)CC1. The summed E-state index contributed by atoms with van der Waals surface area (Å²) in [6, 6.07) is 7.95. The van der Waals surface area contributed by atoms with Crippen LogP contribution in [0.3, 0.4) is 0 Å². The molecule has 1 aliphatic carbocycles. The molecule has 13 heteroatoms. The van der Waals surface area contributed by atoms with Crippen LogP contribution in [0.25, 0.3) is 11.0 Å². The van der Waals surface area contributed by atoms with Crippen molar-refractivity contribution in [1.29, 1.82) is 0 Å². The molecule has 5 rings (SSSR count). The Kier molecular flexibility index (Phi) is 7.35. The lowest BCUT2D eigenvalue weighted by molar-refractivity contribution is -0.192. The number of rotatable bonds is 7. The third kappa shape index (κ3) is 5.67. The quantitative estimate of drug-likeness (QED) is 0.309. The molecule has 1 amide bonds. The van der Waals surface area contributed by atoms with Crippen LogP contribution in [0.5, 0.6) is 0 Å². The number of carbonyl (C=O) groups excluding carboxylic acids is 1. The zero-order valence-corrected chi connectivity index (χ0v) is 22.5. The summed E-state index contributed by atoms with van der Waals surface area (Å²) in [6.45, 7) is 2.41. The number of nitrogens with zero attached hydrogens (tertiary/aromatic N) is 3. The summed E-state index contributed by atoms with van der Waals surface area (Å²) in [5.41, 5.74) is 1.43. The highest BCUT2D eigenvalue weighted by Gasteiger charge is 2.68.